The molecule has 2 rings (SSSR count). The van der Waals surface area contributed by atoms with Gasteiger partial charge in [-0.1, -0.05) is 13.0 Å². The number of hydrogen-bond donors (Lipinski definition) is 1. The molecule has 0 spiro atoms. The van der Waals surface area contributed by atoms with Gasteiger partial charge in [0.1, 0.15) is 5.75 Å². The molecule has 2 unspecified atom stereocenters. The van der Waals surface area contributed by atoms with Crippen molar-refractivity contribution in [3.05, 3.63) is 24.3 Å². The number of nitrogens with one attached hydrogen (secondary N) is 1. The maximum Gasteiger partial charge on any atom is 0.121 e. The quantitative estimate of drug-likeness (QED) is 0.721. The summed E-state index contributed by atoms with van der Waals surface area (Å²) in [7, 11) is 0. The summed E-state index contributed by atoms with van der Waals surface area (Å²) >= 11 is 0. The smallest absolute Gasteiger partial charge is 0.121 e. The van der Waals surface area contributed by atoms with Gasteiger partial charge in [-0.2, -0.15) is 0 Å². The molecule has 112 valence electrons. The molecule has 0 aliphatic carbocycles. The highest BCUT2D eigenvalue weighted by molar-refractivity contribution is 5.48. The summed E-state index contributed by atoms with van der Waals surface area (Å²) in [5.41, 5.74) is 1.14. The van der Waals surface area contributed by atoms with Crippen LogP contribution in [0.3, 0.4) is 0 Å². The molecule has 0 bridgehead atoms. The van der Waals surface area contributed by atoms with Gasteiger partial charge in [0.05, 0.1) is 12.2 Å². The summed E-state index contributed by atoms with van der Waals surface area (Å²) in [5.74, 6) is 0.948. The minimum atomic E-state index is 0.268. The van der Waals surface area contributed by atoms with E-state index in [4.69, 9.17) is 9.47 Å². The lowest BCUT2D eigenvalue weighted by molar-refractivity contribution is 0.103. The normalized spacial score (nSPS) is 19.8. The van der Waals surface area contributed by atoms with Gasteiger partial charge in [-0.3, -0.25) is 0 Å². The second-order valence-corrected chi connectivity index (χ2v) is 5.57. The number of hydrogen-bond acceptors (Lipinski definition) is 3. The van der Waals surface area contributed by atoms with Gasteiger partial charge in [0.25, 0.3) is 0 Å². The molecule has 0 amide bonds. The van der Waals surface area contributed by atoms with Gasteiger partial charge in [0, 0.05) is 24.9 Å². The molecule has 1 N–H and O–H groups in total. The lowest BCUT2D eigenvalue weighted by Gasteiger charge is -2.14. The first kappa shape index (κ1) is 15.2. The zero-order chi connectivity index (χ0) is 14.2. The van der Waals surface area contributed by atoms with Gasteiger partial charge in [0.2, 0.25) is 0 Å². The average molecular weight is 277 g/mol. The van der Waals surface area contributed by atoms with E-state index in [0.717, 1.165) is 43.9 Å². The first-order valence-corrected chi connectivity index (χ1v) is 7.90. The molecular weight excluding hydrogens is 250 g/mol. The molecule has 1 saturated heterocycles. The Morgan fingerprint density at radius 3 is 3.10 bits per heavy atom. The van der Waals surface area contributed by atoms with E-state index in [-0.39, 0.29) is 6.10 Å². The Bertz CT molecular complexity index is 388. The monoisotopic (exact) mass is 277 g/mol. The van der Waals surface area contributed by atoms with Crippen LogP contribution in [0.1, 0.15) is 46.0 Å². The largest absolute Gasteiger partial charge is 0.491 e. The molecule has 1 heterocycles. The summed E-state index contributed by atoms with van der Waals surface area (Å²) in [6, 6.07) is 8.23. The van der Waals surface area contributed by atoms with Crippen molar-refractivity contribution in [1.29, 1.82) is 0 Å². The van der Waals surface area contributed by atoms with Crippen molar-refractivity contribution in [2.75, 3.05) is 18.5 Å². The Balaban J connectivity index is 1.70. The molecule has 2 atom stereocenters. The highest BCUT2D eigenvalue weighted by Crippen LogP contribution is 2.20. The van der Waals surface area contributed by atoms with E-state index in [9.17, 15) is 0 Å². The highest BCUT2D eigenvalue weighted by atomic mass is 16.5. The van der Waals surface area contributed by atoms with E-state index in [1.54, 1.807) is 0 Å². The van der Waals surface area contributed by atoms with Crippen molar-refractivity contribution in [3.63, 3.8) is 0 Å². The molecule has 3 heteroatoms. The second-order valence-electron chi connectivity index (χ2n) is 5.57. The van der Waals surface area contributed by atoms with Gasteiger partial charge in [-0.05, 0) is 51.2 Å². The van der Waals surface area contributed by atoms with E-state index < -0.39 is 0 Å². The van der Waals surface area contributed by atoms with Crippen molar-refractivity contribution < 1.29 is 9.47 Å². The van der Waals surface area contributed by atoms with Crippen LogP contribution in [0, 0.1) is 0 Å². The van der Waals surface area contributed by atoms with Crippen LogP contribution in [-0.2, 0) is 4.74 Å². The first-order valence-electron chi connectivity index (χ1n) is 7.90. The average Bonchev–Trinajstić information content (AvgIpc) is 2.97. The Morgan fingerprint density at radius 1 is 1.45 bits per heavy atom. The minimum Gasteiger partial charge on any atom is -0.491 e. The molecule has 20 heavy (non-hydrogen) atoms. The SMILES string of the molecule is CCC(C)Oc1cccc(NCCCC2CCCO2)c1. The Kier molecular flexibility index (Phi) is 6.19. The van der Waals surface area contributed by atoms with E-state index >= 15 is 0 Å². The zero-order valence-corrected chi connectivity index (χ0v) is 12.7. The van der Waals surface area contributed by atoms with Crippen molar-refractivity contribution in [1.82, 2.24) is 0 Å². The lowest BCUT2D eigenvalue weighted by atomic mass is 10.1. The maximum absolute atomic E-state index is 5.83. The van der Waals surface area contributed by atoms with Gasteiger partial charge in [0.15, 0.2) is 0 Å². The third-order valence-corrected chi connectivity index (χ3v) is 3.80. The summed E-state index contributed by atoms with van der Waals surface area (Å²) < 4.78 is 11.5. The van der Waals surface area contributed by atoms with Gasteiger partial charge >= 0.3 is 0 Å². The van der Waals surface area contributed by atoms with E-state index in [0.29, 0.717) is 6.10 Å². The topological polar surface area (TPSA) is 30.5 Å². The molecule has 0 saturated carbocycles. The minimum absolute atomic E-state index is 0.268. The Morgan fingerprint density at radius 2 is 2.35 bits per heavy atom. The van der Waals surface area contributed by atoms with Gasteiger partial charge in [-0.15, -0.1) is 0 Å². The summed E-state index contributed by atoms with van der Waals surface area (Å²) in [4.78, 5) is 0. The van der Waals surface area contributed by atoms with E-state index in [1.165, 1.54) is 12.8 Å². The molecule has 1 aliphatic heterocycles. The molecule has 1 aliphatic rings. The number of rotatable bonds is 8. The summed E-state index contributed by atoms with van der Waals surface area (Å²) in [5, 5.41) is 3.46. The van der Waals surface area contributed by atoms with Crippen LogP contribution in [0.5, 0.6) is 5.75 Å². The molecule has 0 aromatic heterocycles. The molecule has 1 aromatic rings. The second kappa shape index (κ2) is 8.15. The summed E-state index contributed by atoms with van der Waals surface area (Å²) in [6.45, 7) is 6.18. The molecule has 1 fully saturated rings. The highest BCUT2D eigenvalue weighted by Gasteiger charge is 2.14. The van der Waals surface area contributed by atoms with Crippen LogP contribution in [0.4, 0.5) is 5.69 Å². The fourth-order valence-corrected chi connectivity index (χ4v) is 2.43. The van der Waals surface area contributed by atoms with Crippen LogP contribution in [-0.4, -0.2) is 25.4 Å². The first-order chi connectivity index (χ1) is 9.78. The van der Waals surface area contributed by atoms with Crippen molar-refractivity contribution >= 4 is 5.69 Å². The van der Waals surface area contributed by atoms with Crippen molar-refractivity contribution in [3.8, 4) is 5.75 Å². The van der Waals surface area contributed by atoms with Crippen LogP contribution >= 0.6 is 0 Å². The lowest BCUT2D eigenvalue weighted by Crippen LogP contribution is -2.10. The van der Waals surface area contributed by atoms with Crippen LogP contribution in [0.2, 0.25) is 0 Å². The van der Waals surface area contributed by atoms with Crippen LogP contribution < -0.4 is 10.1 Å². The zero-order valence-electron chi connectivity index (χ0n) is 12.7. The summed E-state index contributed by atoms with van der Waals surface area (Å²) in [6.07, 6.45) is 6.57. The van der Waals surface area contributed by atoms with Crippen molar-refractivity contribution in [2.45, 2.75) is 58.2 Å². The number of ether oxygens (including phenoxy) is 2. The standard InChI is InChI=1S/C17H27NO2/c1-3-14(2)20-17-8-4-7-15(13-17)18-11-5-9-16-10-6-12-19-16/h4,7-8,13-14,16,18H,3,5-6,9-12H2,1-2H3. The molecule has 1 aromatic carbocycles. The Hall–Kier alpha value is -1.22. The van der Waals surface area contributed by atoms with Crippen LogP contribution in [0.15, 0.2) is 24.3 Å². The maximum atomic E-state index is 5.83. The fourth-order valence-electron chi connectivity index (χ4n) is 2.43. The number of benzene rings is 1. The van der Waals surface area contributed by atoms with Gasteiger partial charge in [-0.25, -0.2) is 0 Å². The third-order valence-electron chi connectivity index (χ3n) is 3.80. The fraction of sp³-hybridized carbons (Fsp3) is 0.647. The predicted octanol–water partition coefficient (Wildman–Crippen LogP) is 4.24. The molecular formula is C17H27NO2. The van der Waals surface area contributed by atoms with Crippen LogP contribution in [0.25, 0.3) is 0 Å². The molecule has 0 radical (unpaired) electrons. The van der Waals surface area contributed by atoms with Crippen molar-refractivity contribution in [2.24, 2.45) is 0 Å². The Labute approximate surface area is 122 Å². The predicted molar refractivity (Wildman–Crippen MR) is 83.5 cm³/mol. The van der Waals surface area contributed by atoms with Gasteiger partial charge < -0.3 is 14.8 Å². The third kappa shape index (κ3) is 5.04. The number of anilines is 1. The van der Waals surface area contributed by atoms with E-state index in [2.05, 4.69) is 31.3 Å². The van der Waals surface area contributed by atoms with E-state index in [1.807, 2.05) is 12.1 Å². The molecule has 3 nitrogen and oxygen atoms in total.